The molecule has 1 amide bonds. The molecule has 37 heavy (non-hydrogen) atoms. The van der Waals surface area contributed by atoms with Crippen molar-refractivity contribution in [1.82, 2.24) is 9.47 Å². The van der Waals surface area contributed by atoms with Crippen molar-refractivity contribution < 1.29 is 4.79 Å². The number of carbonyl (C=O) groups excluding carboxylic acids is 1. The number of amides is 1. The largest absolute Gasteiger partial charge is 0.330 e. The van der Waals surface area contributed by atoms with Gasteiger partial charge >= 0.3 is 0 Å². The first-order chi connectivity index (χ1) is 17.8. The molecule has 0 saturated carbocycles. The fourth-order valence-corrected chi connectivity index (χ4v) is 5.05. The van der Waals surface area contributed by atoms with Gasteiger partial charge in [0.15, 0.2) is 0 Å². The number of hydrogen-bond acceptors (Lipinski definition) is 3. The zero-order valence-corrected chi connectivity index (χ0v) is 22.4. The number of nitrogens with zero attached hydrogens (tertiary/aromatic N) is 2. The Morgan fingerprint density at radius 3 is 2.35 bits per heavy atom. The Morgan fingerprint density at radius 1 is 1.00 bits per heavy atom. The lowest BCUT2D eigenvalue weighted by atomic mass is 9.94. The normalized spacial score (nSPS) is 12.2. The van der Waals surface area contributed by atoms with Crippen molar-refractivity contribution in [2.45, 2.75) is 39.8 Å². The van der Waals surface area contributed by atoms with Crippen LogP contribution in [0.15, 0.2) is 83.7 Å². The third kappa shape index (κ3) is 5.95. The lowest BCUT2D eigenvalue weighted by molar-refractivity contribution is 0.0610. The van der Waals surface area contributed by atoms with Gasteiger partial charge in [0.25, 0.3) is 11.5 Å². The van der Waals surface area contributed by atoms with Gasteiger partial charge in [-0.3, -0.25) is 9.59 Å². The van der Waals surface area contributed by atoms with Gasteiger partial charge in [-0.25, -0.2) is 0 Å². The lowest BCUT2D eigenvalue weighted by Gasteiger charge is -2.36. The average Bonchev–Trinajstić information content (AvgIpc) is 2.88. The predicted octanol–water partition coefficient (Wildman–Crippen LogP) is 6.20. The standard InChI is InChI=1S/C31H34ClN3O2/c1-21(2)29(34(17-7-16-33)30(36)24-12-10-22(3)11-13-24)28-19-25-18-26(32)14-15-27(25)31(37)35(28)20-23-8-5-4-6-9-23/h4-6,8-15,18-19,21,29H,7,16-17,20,33H2,1-3H3. The van der Waals surface area contributed by atoms with Crippen LogP contribution in [0.4, 0.5) is 0 Å². The maximum Gasteiger partial charge on any atom is 0.259 e. The molecule has 3 aromatic carbocycles. The number of carbonyl (C=O) groups is 1. The quantitative estimate of drug-likeness (QED) is 0.288. The molecule has 5 nitrogen and oxygen atoms in total. The SMILES string of the molecule is Cc1ccc(C(=O)N(CCCN)C(c2cc3cc(Cl)ccc3c(=O)n2Cc2ccccc2)C(C)C)cc1. The van der Waals surface area contributed by atoms with Gasteiger partial charge in [0.05, 0.1) is 12.6 Å². The van der Waals surface area contributed by atoms with Gasteiger partial charge in [-0.1, -0.05) is 73.5 Å². The van der Waals surface area contributed by atoms with Gasteiger partial charge in [0, 0.05) is 28.2 Å². The summed E-state index contributed by atoms with van der Waals surface area (Å²) < 4.78 is 1.81. The van der Waals surface area contributed by atoms with Crippen LogP contribution in [0.5, 0.6) is 0 Å². The summed E-state index contributed by atoms with van der Waals surface area (Å²) in [5, 5.41) is 1.93. The van der Waals surface area contributed by atoms with E-state index in [1.54, 1.807) is 12.1 Å². The number of rotatable bonds is 9. The van der Waals surface area contributed by atoms with Gasteiger partial charge in [-0.2, -0.15) is 0 Å². The van der Waals surface area contributed by atoms with Crippen LogP contribution in [0, 0.1) is 12.8 Å². The highest BCUT2D eigenvalue weighted by molar-refractivity contribution is 6.31. The maximum absolute atomic E-state index is 13.9. The van der Waals surface area contributed by atoms with Crippen LogP contribution in [0.3, 0.4) is 0 Å². The van der Waals surface area contributed by atoms with E-state index in [4.69, 9.17) is 17.3 Å². The average molecular weight is 516 g/mol. The number of benzene rings is 3. The molecule has 0 aliphatic heterocycles. The van der Waals surface area contributed by atoms with E-state index in [1.807, 2.05) is 83.1 Å². The summed E-state index contributed by atoms with van der Waals surface area (Å²) in [4.78, 5) is 29.7. The van der Waals surface area contributed by atoms with Gasteiger partial charge in [0.1, 0.15) is 0 Å². The van der Waals surface area contributed by atoms with Gasteiger partial charge < -0.3 is 15.2 Å². The Morgan fingerprint density at radius 2 is 1.70 bits per heavy atom. The Bertz CT molecular complexity index is 1430. The van der Waals surface area contributed by atoms with Gasteiger partial charge in [0.2, 0.25) is 0 Å². The molecular weight excluding hydrogens is 482 g/mol. The molecule has 0 fully saturated rings. The Labute approximate surface area is 223 Å². The smallest absolute Gasteiger partial charge is 0.259 e. The highest BCUT2D eigenvalue weighted by Crippen LogP contribution is 2.32. The number of hydrogen-bond donors (Lipinski definition) is 1. The minimum absolute atomic E-state index is 0.0326. The minimum atomic E-state index is -0.347. The molecule has 0 radical (unpaired) electrons. The summed E-state index contributed by atoms with van der Waals surface area (Å²) in [6.45, 7) is 7.52. The van der Waals surface area contributed by atoms with E-state index in [0.717, 1.165) is 22.2 Å². The molecule has 1 unspecified atom stereocenters. The fraction of sp³-hybridized carbons (Fsp3) is 0.290. The number of pyridine rings is 1. The molecule has 0 aliphatic rings. The molecule has 0 bridgehead atoms. The summed E-state index contributed by atoms with van der Waals surface area (Å²) in [5.74, 6) is -0.0396. The highest BCUT2D eigenvalue weighted by atomic mass is 35.5. The second-order valence-corrected chi connectivity index (χ2v) is 10.3. The van der Waals surface area contributed by atoms with E-state index in [2.05, 4.69) is 13.8 Å². The fourth-order valence-electron chi connectivity index (χ4n) is 4.87. The molecule has 0 spiro atoms. The van der Waals surface area contributed by atoms with Crippen molar-refractivity contribution in [3.63, 3.8) is 0 Å². The monoisotopic (exact) mass is 515 g/mol. The van der Waals surface area contributed by atoms with Crippen molar-refractivity contribution in [2.75, 3.05) is 13.1 Å². The van der Waals surface area contributed by atoms with E-state index in [0.29, 0.717) is 42.0 Å². The summed E-state index contributed by atoms with van der Waals surface area (Å²) in [5.41, 5.74) is 9.31. The van der Waals surface area contributed by atoms with Crippen LogP contribution in [0.25, 0.3) is 10.8 Å². The number of aryl methyl sites for hydroxylation is 1. The van der Waals surface area contributed by atoms with Crippen LogP contribution in [-0.4, -0.2) is 28.5 Å². The van der Waals surface area contributed by atoms with Gasteiger partial charge in [-0.15, -0.1) is 0 Å². The van der Waals surface area contributed by atoms with Crippen molar-refractivity contribution >= 4 is 28.3 Å². The Balaban J connectivity index is 1.93. The molecule has 0 aliphatic carbocycles. The van der Waals surface area contributed by atoms with E-state index in [1.165, 1.54) is 0 Å². The molecular formula is C31H34ClN3O2. The van der Waals surface area contributed by atoms with Crippen molar-refractivity contribution in [2.24, 2.45) is 11.7 Å². The Hall–Kier alpha value is -3.41. The number of aromatic nitrogens is 1. The summed E-state index contributed by atoms with van der Waals surface area (Å²) >= 11 is 6.32. The molecule has 4 aromatic rings. The van der Waals surface area contributed by atoms with Crippen LogP contribution in [-0.2, 0) is 6.54 Å². The molecule has 2 N–H and O–H groups in total. The Kier molecular flexibility index (Phi) is 8.47. The predicted molar refractivity (Wildman–Crippen MR) is 152 cm³/mol. The molecule has 1 aromatic heterocycles. The molecule has 6 heteroatoms. The molecule has 4 rings (SSSR count). The number of halogens is 1. The van der Waals surface area contributed by atoms with Gasteiger partial charge in [-0.05, 0) is 73.2 Å². The zero-order chi connectivity index (χ0) is 26.5. The first-order valence-corrected chi connectivity index (χ1v) is 13.1. The zero-order valence-electron chi connectivity index (χ0n) is 21.7. The van der Waals surface area contributed by atoms with Crippen molar-refractivity contribution in [3.8, 4) is 0 Å². The second kappa shape index (κ2) is 11.8. The van der Waals surface area contributed by atoms with E-state index in [9.17, 15) is 9.59 Å². The van der Waals surface area contributed by atoms with E-state index < -0.39 is 0 Å². The maximum atomic E-state index is 13.9. The van der Waals surface area contributed by atoms with Crippen LogP contribution in [0.2, 0.25) is 5.02 Å². The summed E-state index contributed by atoms with van der Waals surface area (Å²) in [6.07, 6.45) is 0.656. The number of fused-ring (bicyclic) bond motifs is 1. The highest BCUT2D eigenvalue weighted by Gasteiger charge is 2.31. The molecule has 1 heterocycles. The first-order valence-electron chi connectivity index (χ1n) is 12.7. The summed E-state index contributed by atoms with van der Waals surface area (Å²) in [7, 11) is 0. The first kappa shape index (κ1) is 26.6. The molecule has 192 valence electrons. The third-order valence-electron chi connectivity index (χ3n) is 6.72. The van der Waals surface area contributed by atoms with E-state index >= 15 is 0 Å². The molecule has 1 atom stereocenters. The van der Waals surface area contributed by atoms with Crippen molar-refractivity contribution in [1.29, 1.82) is 0 Å². The molecule has 0 saturated heterocycles. The third-order valence-corrected chi connectivity index (χ3v) is 6.96. The van der Waals surface area contributed by atoms with Crippen molar-refractivity contribution in [3.05, 3.63) is 117 Å². The topological polar surface area (TPSA) is 68.3 Å². The van der Waals surface area contributed by atoms with Crippen LogP contribution in [0.1, 0.15) is 53.5 Å². The second-order valence-electron chi connectivity index (χ2n) is 9.87. The summed E-state index contributed by atoms with van der Waals surface area (Å²) in [6, 6.07) is 24.5. The van der Waals surface area contributed by atoms with Crippen LogP contribution >= 0.6 is 11.6 Å². The van der Waals surface area contributed by atoms with Crippen LogP contribution < -0.4 is 11.3 Å². The van der Waals surface area contributed by atoms with E-state index in [-0.39, 0.29) is 23.4 Å². The minimum Gasteiger partial charge on any atom is -0.330 e. The lowest BCUT2D eigenvalue weighted by Crippen LogP contribution is -2.41. The number of nitrogens with two attached hydrogens (primary N) is 1.